The molecule has 3 nitrogen and oxygen atoms in total. The van der Waals surface area contributed by atoms with Gasteiger partial charge in [-0.1, -0.05) is 30.3 Å². The van der Waals surface area contributed by atoms with Crippen LogP contribution in [0.4, 0.5) is 0 Å². The van der Waals surface area contributed by atoms with Crippen molar-refractivity contribution in [3.63, 3.8) is 0 Å². The van der Waals surface area contributed by atoms with Gasteiger partial charge in [0.15, 0.2) is 0 Å². The van der Waals surface area contributed by atoms with Crippen LogP contribution in [-0.2, 0) is 4.79 Å². The zero-order valence-corrected chi connectivity index (χ0v) is 16.4. The standard InChI is InChI=1S/C22H31NO2.ClH/c1-14(22(25)15-5-3-2-4-6-15)23-10-9-21(24)18-12-19-16-7-8-17(11-16)20(19)13-18;/h2-6,14,16-20,22-23,25H,7-13H2,1H3;1H. The highest BCUT2D eigenvalue weighted by molar-refractivity contribution is 5.81. The fourth-order valence-corrected chi connectivity index (χ4v) is 6.06. The Morgan fingerprint density at radius 2 is 1.73 bits per heavy atom. The molecule has 3 aliphatic carbocycles. The van der Waals surface area contributed by atoms with Gasteiger partial charge >= 0.3 is 0 Å². The Hall–Kier alpha value is -0.900. The summed E-state index contributed by atoms with van der Waals surface area (Å²) in [6.07, 6.45) is 6.84. The monoisotopic (exact) mass is 377 g/mol. The van der Waals surface area contributed by atoms with Gasteiger partial charge in [0.05, 0.1) is 13.0 Å². The van der Waals surface area contributed by atoms with Crippen molar-refractivity contribution < 1.29 is 27.6 Å². The Morgan fingerprint density at radius 3 is 2.35 bits per heavy atom. The number of Topliss-reactive ketones (excluding diaryl/α,β-unsaturated/α-hetero) is 1. The first-order valence-electron chi connectivity index (χ1n) is 10.2. The van der Waals surface area contributed by atoms with Crippen LogP contribution in [-0.4, -0.2) is 23.5 Å². The van der Waals surface area contributed by atoms with Crippen molar-refractivity contribution in [2.24, 2.45) is 29.6 Å². The number of carbonyl (C=O) groups is 1. The Morgan fingerprint density at radius 1 is 1.12 bits per heavy atom. The molecule has 3 fully saturated rings. The van der Waals surface area contributed by atoms with Gasteiger partial charge in [0, 0.05) is 5.92 Å². The second kappa shape index (κ2) is 8.41. The highest BCUT2D eigenvalue weighted by Crippen LogP contribution is 2.60. The van der Waals surface area contributed by atoms with Crippen LogP contribution < -0.4 is 17.7 Å². The van der Waals surface area contributed by atoms with E-state index in [9.17, 15) is 9.90 Å². The number of nitrogens with two attached hydrogens (primary N) is 1. The molecule has 144 valence electrons. The minimum absolute atomic E-state index is 0. The molecular weight excluding hydrogens is 346 g/mol. The Labute approximate surface area is 163 Å². The minimum Gasteiger partial charge on any atom is -1.00 e. The van der Waals surface area contributed by atoms with Crippen molar-refractivity contribution in [2.45, 2.75) is 57.6 Å². The third-order valence-electron chi connectivity index (χ3n) is 7.41. The van der Waals surface area contributed by atoms with Crippen LogP contribution >= 0.6 is 0 Å². The summed E-state index contributed by atoms with van der Waals surface area (Å²) in [5.41, 5.74) is 0.955. The summed E-state index contributed by atoms with van der Waals surface area (Å²) in [6, 6.07) is 9.89. The Balaban J connectivity index is 0.00000196. The lowest BCUT2D eigenvalue weighted by Gasteiger charge is -2.23. The van der Waals surface area contributed by atoms with Crippen LogP contribution in [0, 0.1) is 29.6 Å². The zero-order valence-electron chi connectivity index (χ0n) is 15.7. The van der Waals surface area contributed by atoms with Gasteiger partial charge in [0.1, 0.15) is 17.9 Å². The number of rotatable bonds is 7. The lowest BCUT2D eigenvalue weighted by atomic mass is 9.82. The maximum Gasteiger partial charge on any atom is 0.141 e. The number of halogens is 1. The van der Waals surface area contributed by atoms with Gasteiger partial charge in [-0.2, -0.15) is 0 Å². The number of fused-ring (bicyclic) bond motifs is 5. The molecule has 4 heteroatoms. The van der Waals surface area contributed by atoms with Crippen molar-refractivity contribution in [1.82, 2.24) is 0 Å². The van der Waals surface area contributed by atoms with Crippen LogP contribution in [0.2, 0.25) is 0 Å². The summed E-state index contributed by atoms with van der Waals surface area (Å²) in [4.78, 5) is 12.6. The van der Waals surface area contributed by atoms with Crippen LogP contribution in [0.3, 0.4) is 0 Å². The van der Waals surface area contributed by atoms with E-state index in [0.717, 1.165) is 35.8 Å². The second-order valence-corrected chi connectivity index (χ2v) is 8.78. The fraction of sp³-hybridized carbons (Fsp3) is 0.682. The van der Waals surface area contributed by atoms with Gasteiger partial charge in [-0.05, 0) is 68.3 Å². The lowest BCUT2D eigenvalue weighted by molar-refractivity contribution is -0.693. The van der Waals surface area contributed by atoms with E-state index in [1.165, 1.54) is 32.1 Å². The highest BCUT2D eigenvalue weighted by atomic mass is 35.5. The molecule has 6 atom stereocenters. The number of ketones is 1. The molecule has 3 aliphatic rings. The van der Waals surface area contributed by atoms with Gasteiger partial charge in [-0.15, -0.1) is 0 Å². The first kappa shape index (κ1) is 19.9. The van der Waals surface area contributed by atoms with E-state index in [4.69, 9.17) is 0 Å². The van der Waals surface area contributed by atoms with E-state index in [1.54, 1.807) is 0 Å². The van der Waals surface area contributed by atoms with E-state index in [-0.39, 0.29) is 18.4 Å². The van der Waals surface area contributed by atoms with Crippen LogP contribution in [0.15, 0.2) is 30.3 Å². The first-order valence-corrected chi connectivity index (χ1v) is 10.2. The van der Waals surface area contributed by atoms with Gasteiger partial charge < -0.3 is 22.8 Å². The predicted molar refractivity (Wildman–Crippen MR) is 97.8 cm³/mol. The molecule has 0 radical (unpaired) electrons. The van der Waals surface area contributed by atoms with E-state index in [1.807, 2.05) is 37.3 Å². The number of benzene rings is 1. The summed E-state index contributed by atoms with van der Waals surface area (Å²) < 4.78 is 0. The van der Waals surface area contributed by atoms with Gasteiger partial charge in [0.25, 0.3) is 0 Å². The highest BCUT2D eigenvalue weighted by Gasteiger charge is 2.52. The zero-order chi connectivity index (χ0) is 17.4. The van der Waals surface area contributed by atoms with Crippen molar-refractivity contribution >= 4 is 5.78 Å². The second-order valence-electron chi connectivity index (χ2n) is 8.78. The van der Waals surface area contributed by atoms with Crippen molar-refractivity contribution in [3.05, 3.63) is 35.9 Å². The van der Waals surface area contributed by atoms with Crippen molar-refractivity contribution in [3.8, 4) is 0 Å². The molecule has 0 heterocycles. The molecule has 1 aromatic rings. The maximum absolute atomic E-state index is 12.6. The minimum atomic E-state index is -0.474. The van der Waals surface area contributed by atoms with Crippen LogP contribution in [0.1, 0.15) is 57.1 Å². The predicted octanol–water partition coefficient (Wildman–Crippen LogP) is -0.293. The fourth-order valence-electron chi connectivity index (χ4n) is 6.06. The molecule has 26 heavy (non-hydrogen) atoms. The lowest BCUT2D eigenvalue weighted by Crippen LogP contribution is -3.00. The SMILES string of the molecule is CC([NH2+]CCC(=O)C1CC2C3CCC(C3)C2C1)C(O)c1ccccc1.[Cl-]. The maximum atomic E-state index is 12.6. The topological polar surface area (TPSA) is 53.9 Å². The van der Waals surface area contributed by atoms with E-state index in [0.29, 0.717) is 18.1 Å². The van der Waals surface area contributed by atoms with Crippen LogP contribution in [0.5, 0.6) is 0 Å². The smallest absolute Gasteiger partial charge is 0.141 e. The van der Waals surface area contributed by atoms with Crippen LogP contribution in [0.25, 0.3) is 0 Å². The molecule has 0 aromatic heterocycles. The molecular formula is C22H32ClNO2. The Bertz CT molecular complexity index is 589. The number of quaternary nitrogens is 1. The van der Waals surface area contributed by atoms with E-state index in [2.05, 4.69) is 5.32 Å². The number of hydrogen-bond acceptors (Lipinski definition) is 2. The van der Waals surface area contributed by atoms with E-state index < -0.39 is 6.10 Å². The molecule has 0 saturated heterocycles. The number of hydrogen-bond donors (Lipinski definition) is 2. The molecule has 4 rings (SSSR count). The summed E-state index contributed by atoms with van der Waals surface area (Å²) >= 11 is 0. The van der Waals surface area contributed by atoms with Crippen molar-refractivity contribution in [2.75, 3.05) is 6.54 Å². The molecule has 0 spiro atoms. The summed E-state index contributed by atoms with van der Waals surface area (Å²) in [5, 5.41) is 12.6. The normalized spacial score (nSPS) is 34.2. The summed E-state index contributed by atoms with van der Waals surface area (Å²) in [5.74, 6) is 4.44. The third kappa shape index (κ3) is 3.85. The average Bonchev–Trinajstić information content (AvgIpc) is 3.34. The summed E-state index contributed by atoms with van der Waals surface area (Å²) in [7, 11) is 0. The molecule has 1 aromatic carbocycles. The van der Waals surface area contributed by atoms with E-state index >= 15 is 0 Å². The molecule has 0 amide bonds. The number of carbonyl (C=O) groups excluding carboxylic acids is 1. The molecule has 6 unspecified atom stereocenters. The Kier molecular flexibility index (Phi) is 6.42. The number of aliphatic hydroxyl groups is 1. The third-order valence-corrected chi connectivity index (χ3v) is 7.41. The molecule has 3 saturated carbocycles. The average molecular weight is 378 g/mol. The quantitative estimate of drug-likeness (QED) is 0.686. The number of aliphatic hydroxyl groups excluding tert-OH is 1. The van der Waals surface area contributed by atoms with Crippen molar-refractivity contribution in [1.29, 1.82) is 0 Å². The molecule has 2 bridgehead atoms. The van der Waals surface area contributed by atoms with Gasteiger partial charge in [-0.25, -0.2) is 0 Å². The molecule has 0 aliphatic heterocycles. The summed E-state index contributed by atoms with van der Waals surface area (Å²) in [6.45, 7) is 2.84. The molecule has 3 N–H and O–H groups in total. The largest absolute Gasteiger partial charge is 1.00 e. The van der Waals surface area contributed by atoms with Gasteiger partial charge in [0.2, 0.25) is 0 Å². The van der Waals surface area contributed by atoms with Gasteiger partial charge in [-0.3, -0.25) is 4.79 Å². The first-order chi connectivity index (χ1) is 12.1.